The van der Waals surface area contributed by atoms with Crippen LogP contribution in [0, 0.1) is 0 Å². The van der Waals surface area contributed by atoms with Gasteiger partial charge in [0.25, 0.3) is 5.89 Å². The zero-order valence-electron chi connectivity index (χ0n) is 10.3. The van der Waals surface area contributed by atoms with Gasteiger partial charge in [0.15, 0.2) is 0 Å². The van der Waals surface area contributed by atoms with Gasteiger partial charge in [-0.25, -0.2) is 0 Å². The molecule has 0 fully saturated rings. The number of phenolic OH excluding ortho intramolecular Hbond substituents is 2. The van der Waals surface area contributed by atoms with Gasteiger partial charge in [0.05, 0.1) is 5.69 Å². The minimum absolute atomic E-state index is 0.00650. The molecular formula is C14H11N3O3. The van der Waals surface area contributed by atoms with Gasteiger partial charge in [-0.1, -0.05) is 5.16 Å². The summed E-state index contributed by atoms with van der Waals surface area (Å²) in [6.45, 7) is 0. The topological polar surface area (TPSA) is 105 Å². The number of nitrogens with two attached hydrogens (primary N) is 1. The number of aromatic nitrogens is 2. The Bertz CT molecular complexity index is 751. The predicted molar refractivity (Wildman–Crippen MR) is 72.9 cm³/mol. The van der Waals surface area contributed by atoms with E-state index in [1.54, 1.807) is 36.4 Å². The number of hydrogen-bond acceptors (Lipinski definition) is 6. The molecule has 0 aliphatic heterocycles. The Morgan fingerprint density at radius 1 is 0.950 bits per heavy atom. The third-order valence-electron chi connectivity index (χ3n) is 2.83. The maximum atomic E-state index is 9.38. The van der Waals surface area contributed by atoms with Gasteiger partial charge in [0, 0.05) is 11.1 Å². The standard InChI is InChI=1S/C14H11N3O3/c15-11-7-9(3-6-12(11)19)14-16-13(17-20-14)8-1-4-10(18)5-2-8/h1-7,18-19H,15H2. The monoisotopic (exact) mass is 269 g/mol. The van der Waals surface area contributed by atoms with E-state index in [9.17, 15) is 10.2 Å². The summed E-state index contributed by atoms with van der Waals surface area (Å²) in [5.74, 6) is 0.891. The molecule has 0 atom stereocenters. The number of nitrogen functional groups attached to an aromatic ring is 1. The van der Waals surface area contributed by atoms with Crippen LogP contribution in [0.25, 0.3) is 22.8 Å². The molecule has 3 rings (SSSR count). The molecule has 6 nitrogen and oxygen atoms in total. The van der Waals surface area contributed by atoms with Crippen LogP contribution in [0.3, 0.4) is 0 Å². The second-order valence-corrected chi connectivity index (χ2v) is 4.24. The van der Waals surface area contributed by atoms with Crippen molar-refractivity contribution >= 4 is 5.69 Å². The van der Waals surface area contributed by atoms with Crippen LogP contribution in [0.15, 0.2) is 47.0 Å². The summed E-state index contributed by atoms with van der Waals surface area (Å²) in [6.07, 6.45) is 0. The van der Waals surface area contributed by atoms with E-state index in [-0.39, 0.29) is 17.2 Å². The van der Waals surface area contributed by atoms with Crippen LogP contribution >= 0.6 is 0 Å². The summed E-state index contributed by atoms with van der Waals surface area (Å²) < 4.78 is 5.17. The molecule has 0 unspecified atom stereocenters. The average Bonchev–Trinajstić information content (AvgIpc) is 2.92. The highest BCUT2D eigenvalue weighted by Gasteiger charge is 2.11. The summed E-state index contributed by atoms with van der Waals surface area (Å²) >= 11 is 0. The van der Waals surface area contributed by atoms with Crippen LogP contribution < -0.4 is 5.73 Å². The van der Waals surface area contributed by atoms with Gasteiger partial charge < -0.3 is 20.5 Å². The van der Waals surface area contributed by atoms with Crippen LogP contribution in [0.1, 0.15) is 0 Å². The third-order valence-corrected chi connectivity index (χ3v) is 2.83. The van der Waals surface area contributed by atoms with Crippen molar-refractivity contribution in [2.75, 3.05) is 5.73 Å². The lowest BCUT2D eigenvalue weighted by Gasteiger charge is -1.99. The predicted octanol–water partition coefficient (Wildman–Crippen LogP) is 2.40. The minimum atomic E-state index is 0.00650. The fourth-order valence-electron chi connectivity index (χ4n) is 1.76. The van der Waals surface area contributed by atoms with Crippen molar-refractivity contribution in [1.82, 2.24) is 10.1 Å². The molecule has 0 amide bonds. The highest BCUT2D eigenvalue weighted by Crippen LogP contribution is 2.28. The Morgan fingerprint density at radius 3 is 2.35 bits per heavy atom. The van der Waals surface area contributed by atoms with Crippen molar-refractivity contribution in [3.8, 4) is 34.3 Å². The summed E-state index contributed by atoms with van der Waals surface area (Å²) in [6, 6.07) is 11.1. The summed E-state index contributed by atoms with van der Waals surface area (Å²) in [4.78, 5) is 4.25. The van der Waals surface area contributed by atoms with Gasteiger partial charge in [-0.3, -0.25) is 0 Å². The number of anilines is 1. The number of aromatic hydroxyl groups is 2. The van der Waals surface area contributed by atoms with E-state index in [0.717, 1.165) is 5.56 Å². The van der Waals surface area contributed by atoms with Crippen molar-refractivity contribution in [3.05, 3.63) is 42.5 Å². The number of rotatable bonds is 2. The van der Waals surface area contributed by atoms with Crippen molar-refractivity contribution in [1.29, 1.82) is 0 Å². The quantitative estimate of drug-likeness (QED) is 0.487. The average molecular weight is 269 g/mol. The molecule has 100 valence electrons. The Balaban J connectivity index is 1.97. The van der Waals surface area contributed by atoms with E-state index in [1.807, 2.05) is 0 Å². The Hall–Kier alpha value is -3.02. The molecule has 3 aromatic rings. The van der Waals surface area contributed by atoms with Gasteiger partial charge in [-0.15, -0.1) is 0 Å². The second kappa shape index (κ2) is 4.58. The van der Waals surface area contributed by atoms with E-state index >= 15 is 0 Å². The Labute approximate surface area is 114 Å². The zero-order chi connectivity index (χ0) is 14.1. The molecule has 1 heterocycles. The third kappa shape index (κ3) is 2.14. The van der Waals surface area contributed by atoms with Gasteiger partial charge in [-0.05, 0) is 42.5 Å². The van der Waals surface area contributed by atoms with Gasteiger partial charge in [0.2, 0.25) is 5.82 Å². The number of nitrogens with zero attached hydrogens (tertiary/aromatic N) is 2. The molecule has 0 bridgehead atoms. The molecule has 0 saturated heterocycles. The molecule has 0 aliphatic rings. The normalized spacial score (nSPS) is 10.6. The van der Waals surface area contributed by atoms with Crippen molar-refractivity contribution in [2.45, 2.75) is 0 Å². The highest BCUT2D eigenvalue weighted by atomic mass is 16.5. The highest BCUT2D eigenvalue weighted by molar-refractivity contribution is 5.66. The Kier molecular flexibility index (Phi) is 2.76. The molecule has 0 saturated carbocycles. The van der Waals surface area contributed by atoms with E-state index in [2.05, 4.69) is 10.1 Å². The van der Waals surface area contributed by atoms with Crippen LogP contribution in [-0.4, -0.2) is 20.4 Å². The smallest absolute Gasteiger partial charge is 0.258 e. The van der Waals surface area contributed by atoms with Crippen LogP contribution in [-0.2, 0) is 0 Å². The molecule has 0 radical (unpaired) electrons. The maximum Gasteiger partial charge on any atom is 0.258 e. The first-order valence-electron chi connectivity index (χ1n) is 5.85. The molecule has 1 aromatic heterocycles. The first kappa shape index (κ1) is 12.0. The fraction of sp³-hybridized carbons (Fsp3) is 0. The molecule has 6 heteroatoms. The van der Waals surface area contributed by atoms with Gasteiger partial charge in [0.1, 0.15) is 11.5 Å². The number of phenols is 2. The maximum absolute atomic E-state index is 9.38. The lowest BCUT2D eigenvalue weighted by atomic mass is 10.2. The number of benzene rings is 2. The van der Waals surface area contributed by atoms with Gasteiger partial charge >= 0.3 is 0 Å². The number of hydrogen-bond donors (Lipinski definition) is 3. The molecule has 4 N–H and O–H groups in total. The first-order valence-corrected chi connectivity index (χ1v) is 5.85. The summed E-state index contributed by atoms with van der Waals surface area (Å²) in [7, 11) is 0. The molecule has 2 aromatic carbocycles. The van der Waals surface area contributed by atoms with E-state index in [4.69, 9.17) is 10.3 Å². The van der Waals surface area contributed by atoms with E-state index in [1.165, 1.54) is 6.07 Å². The fourth-order valence-corrected chi connectivity index (χ4v) is 1.76. The lowest BCUT2D eigenvalue weighted by molar-refractivity contribution is 0.432. The van der Waals surface area contributed by atoms with E-state index in [0.29, 0.717) is 17.3 Å². The minimum Gasteiger partial charge on any atom is -0.508 e. The zero-order valence-corrected chi connectivity index (χ0v) is 10.3. The lowest BCUT2D eigenvalue weighted by Crippen LogP contribution is -1.87. The van der Waals surface area contributed by atoms with Crippen LogP contribution in [0.5, 0.6) is 11.5 Å². The van der Waals surface area contributed by atoms with Crippen LogP contribution in [0.2, 0.25) is 0 Å². The largest absolute Gasteiger partial charge is 0.508 e. The summed E-state index contributed by atoms with van der Waals surface area (Å²) in [5.41, 5.74) is 7.22. The second-order valence-electron chi connectivity index (χ2n) is 4.24. The summed E-state index contributed by atoms with van der Waals surface area (Å²) in [5, 5.41) is 22.5. The van der Waals surface area contributed by atoms with Crippen molar-refractivity contribution in [3.63, 3.8) is 0 Å². The first-order chi connectivity index (χ1) is 9.63. The van der Waals surface area contributed by atoms with Crippen molar-refractivity contribution < 1.29 is 14.7 Å². The van der Waals surface area contributed by atoms with Crippen molar-refractivity contribution in [2.24, 2.45) is 0 Å². The molecule has 0 aliphatic carbocycles. The molecule has 0 spiro atoms. The molecular weight excluding hydrogens is 258 g/mol. The molecule has 20 heavy (non-hydrogen) atoms. The SMILES string of the molecule is Nc1cc(-c2nc(-c3ccc(O)cc3)no2)ccc1O. The van der Waals surface area contributed by atoms with Gasteiger partial charge in [-0.2, -0.15) is 4.98 Å². The van der Waals surface area contributed by atoms with Crippen LogP contribution in [0.4, 0.5) is 5.69 Å². The van der Waals surface area contributed by atoms with E-state index < -0.39 is 0 Å². The Morgan fingerprint density at radius 2 is 1.65 bits per heavy atom.